The topological polar surface area (TPSA) is 78.9 Å². The number of carbonyl (C=O) groups is 3. The molecule has 6 heteroatoms. The summed E-state index contributed by atoms with van der Waals surface area (Å²) in [5.74, 6) is -0.955. The molecule has 1 unspecified atom stereocenters. The molecule has 0 radical (unpaired) electrons. The highest BCUT2D eigenvalue weighted by molar-refractivity contribution is 5.71. The normalized spacial score (nSPS) is 12.8. The van der Waals surface area contributed by atoms with Crippen LogP contribution in [0.5, 0.6) is 0 Å². The highest BCUT2D eigenvalue weighted by Crippen LogP contribution is 2.15. The Labute approximate surface area is 445 Å². The maximum Gasteiger partial charge on any atom is 0.306 e. The first-order valence-corrected chi connectivity index (χ1v) is 30.2. The molecule has 0 aromatic heterocycles. The quantitative estimate of drug-likeness (QED) is 0.0261. The van der Waals surface area contributed by atoms with Crippen molar-refractivity contribution in [3.63, 3.8) is 0 Å². The fourth-order valence-corrected chi connectivity index (χ4v) is 8.31. The van der Waals surface area contributed by atoms with Gasteiger partial charge in [0.15, 0.2) is 6.10 Å². The zero-order valence-corrected chi connectivity index (χ0v) is 47.2. The van der Waals surface area contributed by atoms with Crippen LogP contribution in [0.25, 0.3) is 0 Å². The second-order valence-corrected chi connectivity index (χ2v) is 19.9. The summed E-state index contributed by atoms with van der Waals surface area (Å²) in [4.78, 5) is 38.2. The fourth-order valence-electron chi connectivity index (χ4n) is 8.31. The minimum atomic E-state index is -0.803. The van der Waals surface area contributed by atoms with Gasteiger partial charge in [-0.15, -0.1) is 0 Å². The molecule has 412 valence electrons. The maximum atomic E-state index is 12.9. The lowest BCUT2D eigenvalue weighted by molar-refractivity contribution is -0.167. The van der Waals surface area contributed by atoms with Gasteiger partial charge in [-0.05, 0) is 96.3 Å². The number of hydrogen-bond acceptors (Lipinski definition) is 6. The van der Waals surface area contributed by atoms with Crippen LogP contribution in [0, 0.1) is 0 Å². The lowest BCUT2D eigenvalue weighted by Crippen LogP contribution is -2.30. The third-order valence-corrected chi connectivity index (χ3v) is 12.8. The van der Waals surface area contributed by atoms with E-state index >= 15 is 0 Å². The summed E-state index contributed by atoms with van der Waals surface area (Å²) in [6, 6.07) is 0. The first kappa shape index (κ1) is 68.3. The van der Waals surface area contributed by atoms with E-state index in [4.69, 9.17) is 14.2 Å². The number of esters is 3. The summed E-state index contributed by atoms with van der Waals surface area (Å²) in [5.41, 5.74) is 0. The summed E-state index contributed by atoms with van der Waals surface area (Å²) in [6.07, 6.45) is 79.8. The van der Waals surface area contributed by atoms with Gasteiger partial charge in [0.05, 0.1) is 0 Å². The Hall–Kier alpha value is -3.67. The zero-order valence-electron chi connectivity index (χ0n) is 47.2. The number of rotatable bonds is 54. The van der Waals surface area contributed by atoms with Crippen LogP contribution >= 0.6 is 0 Å². The summed E-state index contributed by atoms with van der Waals surface area (Å²) in [6.45, 7) is 6.49. The Morgan fingerprint density at radius 2 is 0.556 bits per heavy atom. The molecule has 72 heavy (non-hydrogen) atoms. The van der Waals surface area contributed by atoms with Crippen LogP contribution in [0.15, 0.2) is 97.2 Å². The third-order valence-electron chi connectivity index (χ3n) is 12.8. The highest BCUT2D eigenvalue weighted by Gasteiger charge is 2.19. The van der Waals surface area contributed by atoms with E-state index in [1.165, 1.54) is 148 Å². The molecule has 0 N–H and O–H groups in total. The van der Waals surface area contributed by atoms with Crippen LogP contribution in [-0.2, 0) is 28.6 Å². The molecule has 0 aliphatic heterocycles. The van der Waals surface area contributed by atoms with Crippen LogP contribution in [0.2, 0.25) is 0 Å². The lowest BCUT2D eigenvalue weighted by atomic mass is 10.0. The van der Waals surface area contributed by atoms with E-state index in [1.807, 2.05) is 0 Å². The van der Waals surface area contributed by atoms with Crippen LogP contribution in [-0.4, -0.2) is 37.2 Å². The number of unbranched alkanes of at least 4 members (excludes halogenated alkanes) is 27. The Kier molecular flexibility index (Phi) is 56.8. The molecule has 0 amide bonds. The Morgan fingerprint density at radius 1 is 0.292 bits per heavy atom. The summed E-state index contributed by atoms with van der Waals surface area (Å²) < 4.78 is 16.8. The standard InChI is InChI=1S/C66H112O6/c1-4-7-10-13-16-19-22-25-27-29-31-32-33-34-35-37-38-41-44-47-50-53-56-59-65(68)71-62-63(61-70-64(67)58-55-52-49-46-43-40-24-21-18-15-12-9-6-3)72-66(69)60-57-54-51-48-45-42-39-36-30-28-26-23-20-17-14-11-8-5-2/h7,10,16,19,25,27-28,30-32,34-35,38,41,47,50,63H,4-6,8-9,11-15,17-18,20-24,26,29,33,36-37,39-40,42-46,48-49,51-62H2,1-3H3/b10-7-,19-16-,27-25-,30-28-,32-31-,35-34-,41-38-,50-47-. The molecule has 1 atom stereocenters. The second-order valence-electron chi connectivity index (χ2n) is 19.9. The van der Waals surface area contributed by atoms with E-state index < -0.39 is 6.10 Å². The van der Waals surface area contributed by atoms with Crippen molar-refractivity contribution in [3.05, 3.63) is 97.2 Å². The van der Waals surface area contributed by atoms with E-state index in [2.05, 4.69) is 118 Å². The van der Waals surface area contributed by atoms with Crippen LogP contribution < -0.4 is 0 Å². The predicted molar refractivity (Wildman–Crippen MR) is 311 cm³/mol. The smallest absolute Gasteiger partial charge is 0.306 e. The number of hydrogen-bond donors (Lipinski definition) is 0. The SMILES string of the molecule is CC/C=C\C/C=C\C/C=C\C/C=C\C/C=C\C/C=C\C/C=C\CCCC(=O)OCC(COC(=O)CCCCCCCCCCCCCCC)OC(=O)CCCCCCCCC/C=C\CCCCCCCCC. The van der Waals surface area contributed by atoms with Gasteiger partial charge < -0.3 is 14.2 Å². The van der Waals surface area contributed by atoms with Crippen molar-refractivity contribution in [2.45, 2.75) is 290 Å². The molecule has 0 fully saturated rings. The highest BCUT2D eigenvalue weighted by atomic mass is 16.6. The molecule has 0 aromatic carbocycles. The molecule has 0 heterocycles. The predicted octanol–water partition coefficient (Wildman–Crippen LogP) is 20.5. The first-order chi connectivity index (χ1) is 35.5. The largest absolute Gasteiger partial charge is 0.462 e. The van der Waals surface area contributed by atoms with Gasteiger partial charge >= 0.3 is 17.9 Å². The average Bonchev–Trinajstić information content (AvgIpc) is 3.38. The number of carbonyl (C=O) groups excluding carboxylic acids is 3. The monoisotopic (exact) mass is 1000 g/mol. The first-order valence-electron chi connectivity index (χ1n) is 30.2. The molecule has 0 spiro atoms. The van der Waals surface area contributed by atoms with E-state index in [-0.39, 0.29) is 37.5 Å². The van der Waals surface area contributed by atoms with Crippen molar-refractivity contribution >= 4 is 17.9 Å². The Bertz CT molecular complexity index is 1430. The Balaban J connectivity index is 4.46. The molecular formula is C66H112O6. The molecule has 0 saturated carbocycles. The lowest BCUT2D eigenvalue weighted by Gasteiger charge is -2.18. The molecule has 0 bridgehead atoms. The van der Waals surface area contributed by atoms with Crippen molar-refractivity contribution in [2.24, 2.45) is 0 Å². The van der Waals surface area contributed by atoms with E-state index in [9.17, 15) is 14.4 Å². The minimum Gasteiger partial charge on any atom is -0.462 e. The van der Waals surface area contributed by atoms with E-state index in [1.54, 1.807) is 0 Å². The molecule has 0 aliphatic carbocycles. The molecule has 6 nitrogen and oxygen atoms in total. The summed E-state index contributed by atoms with van der Waals surface area (Å²) in [5, 5.41) is 0. The second kappa shape index (κ2) is 59.9. The van der Waals surface area contributed by atoms with Gasteiger partial charge in [-0.25, -0.2) is 0 Å². The van der Waals surface area contributed by atoms with E-state index in [0.717, 1.165) is 89.9 Å². The average molecular weight is 1000 g/mol. The van der Waals surface area contributed by atoms with Gasteiger partial charge in [-0.3, -0.25) is 14.4 Å². The van der Waals surface area contributed by atoms with Crippen molar-refractivity contribution in [1.82, 2.24) is 0 Å². The van der Waals surface area contributed by atoms with Gasteiger partial charge in [0.2, 0.25) is 0 Å². The maximum absolute atomic E-state index is 12.9. The van der Waals surface area contributed by atoms with Crippen molar-refractivity contribution in [1.29, 1.82) is 0 Å². The van der Waals surface area contributed by atoms with Crippen LogP contribution in [0.3, 0.4) is 0 Å². The molecule has 0 aliphatic rings. The minimum absolute atomic E-state index is 0.0953. The van der Waals surface area contributed by atoms with Crippen LogP contribution in [0.4, 0.5) is 0 Å². The Morgan fingerprint density at radius 3 is 0.917 bits per heavy atom. The number of ether oxygens (including phenoxy) is 3. The van der Waals surface area contributed by atoms with Gasteiger partial charge in [0.1, 0.15) is 13.2 Å². The number of allylic oxidation sites excluding steroid dienone is 16. The molecule has 0 saturated heterocycles. The van der Waals surface area contributed by atoms with E-state index in [0.29, 0.717) is 19.3 Å². The van der Waals surface area contributed by atoms with Gasteiger partial charge in [-0.2, -0.15) is 0 Å². The van der Waals surface area contributed by atoms with Crippen molar-refractivity contribution < 1.29 is 28.6 Å². The third kappa shape index (κ3) is 57.2. The summed E-state index contributed by atoms with van der Waals surface area (Å²) >= 11 is 0. The van der Waals surface area contributed by atoms with Gasteiger partial charge in [0, 0.05) is 19.3 Å². The molecule has 0 rings (SSSR count). The summed E-state index contributed by atoms with van der Waals surface area (Å²) in [7, 11) is 0. The van der Waals surface area contributed by atoms with Crippen molar-refractivity contribution in [3.8, 4) is 0 Å². The van der Waals surface area contributed by atoms with Gasteiger partial charge in [0.25, 0.3) is 0 Å². The zero-order chi connectivity index (χ0) is 52.2. The fraction of sp³-hybridized carbons (Fsp3) is 0.712. The molecular weight excluding hydrogens is 889 g/mol. The van der Waals surface area contributed by atoms with Gasteiger partial charge in [-0.1, -0.05) is 266 Å². The van der Waals surface area contributed by atoms with Crippen LogP contribution in [0.1, 0.15) is 284 Å². The molecule has 0 aromatic rings. The van der Waals surface area contributed by atoms with Crippen molar-refractivity contribution in [2.75, 3.05) is 13.2 Å².